The Balaban J connectivity index is 1.92. The first-order chi connectivity index (χ1) is 7.27. The fourth-order valence-corrected chi connectivity index (χ4v) is 1.42. The van der Waals surface area contributed by atoms with E-state index in [1.54, 1.807) is 12.5 Å². The summed E-state index contributed by atoms with van der Waals surface area (Å²) in [5, 5.41) is 0. The van der Waals surface area contributed by atoms with E-state index in [4.69, 9.17) is 4.74 Å². The summed E-state index contributed by atoms with van der Waals surface area (Å²) in [6.07, 6.45) is 3.84. The highest BCUT2D eigenvalue weighted by atomic mass is 16.5. The zero-order chi connectivity index (χ0) is 10.7. The molecule has 1 aliphatic rings. The van der Waals surface area contributed by atoms with Gasteiger partial charge in [-0.25, -0.2) is 4.98 Å². The van der Waals surface area contributed by atoms with Crippen LogP contribution in [0.15, 0.2) is 12.5 Å². The Labute approximate surface area is 86.2 Å². The molecule has 1 aromatic heterocycles. The van der Waals surface area contributed by atoms with E-state index in [9.17, 15) is 9.59 Å². The lowest BCUT2D eigenvalue weighted by atomic mass is 10.3. The molecule has 1 aromatic rings. The normalized spacial score (nSPS) is 17.2. The lowest BCUT2D eigenvalue weighted by Gasteiger charge is -2.24. The lowest BCUT2D eigenvalue weighted by Crippen LogP contribution is -2.46. The first-order valence-corrected chi connectivity index (χ1v) is 4.65. The van der Waals surface area contributed by atoms with Crippen molar-refractivity contribution in [2.24, 2.45) is 0 Å². The van der Waals surface area contributed by atoms with Crippen LogP contribution in [0.5, 0.6) is 0 Å². The van der Waals surface area contributed by atoms with Crippen LogP contribution in [-0.2, 0) is 20.7 Å². The van der Waals surface area contributed by atoms with Gasteiger partial charge < -0.3 is 9.72 Å². The minimum atomic E-state index is -0.272. The van der Waals surface area contributed by atoms with Crippen molar-refractivity contribution in [1.82, 2.24) is 14.9 Å². The number of rotatable bonds is 3. The summed E-state index contributed by atoms with van der Waals surface area (Å²) in [6.45, 7) is 0.368. The largest absolute Gasteiger partial charge is 0.362 e. The second kappa shape index (κ2) is 4.22. The predicted molar refractivity (Wildman–Crippen MR) is 49.8 cm³/mol. The van der Waals surface area contributed by atoms with E-state index in [0.717, 1.165) is 5.69 Å². The van der Waals surface area contributed by atoms with Crippen LogP contribution in [-0.4, -0.2) is 46.4 Å². The van der Waals surface area contributed by atoms with Crippen LogP contribution in [0, 0.1) is 0 Å². The molecule has 0 bridgehead atoms. The molecule has 0 aliphatic carbocycles. The Hall–Kier alpha value is -1.69. The summed E-state index contributed by atoms with van der Waals surface area (Å²) in [5.74, 6) is -0.545. The zero-order valence-electron chi connectivity index (χ0n) is 8.10. The number of nitrogens with one attached hydrogen (secondary N) is 1. The standard InChI is InChI=1S/C9H11N3O3/c13-8-4-15-5-9(14)12(8)2-1-7-3-10-6-11-7/h3,6H,1-2,4-5H2,(H,10,11). The van der Waals surface area contributed by atoms with E-state index >= 15 is 0 Å². The second-order valence-electron chi connectivity index (χ2n) is 3.26. The molecule has 6 nitrogen and oxygen atoms in total. The Bertz CT molecular complexity index is 345. The van der Waals surface area contributed by atoms with Gasteiger partial charge in [-0.15, -0.1) is 0 Å². The Morgan fingerprint density at radius 1 is 1.40 bits per heavy atom. The number of nitrogens with zero attached hydrogens (tertiary/aromatic N) is 2. The van der Waals surface area contributed by atoms with Crippen molar-refractivity contribution in [2.45, 2.75) is 6.42 Å². The summed E-state index contributed by atoms with van der Waals surface area (Å²) in [6, 6.07) is 0. The molecule has 2 heterocycles. The van der Waals surface area contributed by atoms with Gasteiger partial charge in [0.2, 0.25) is 0 Å². The number of hydrogen-bond acceptors (Lipinski definition) is 4. The topological polar surface area (TPSA) is 75.3 Å². The molecule has 80 valence electrons. The van der Waals surface area contributed by atoms with Gasteiger partial charge in [0.25, 0.3) is 11.8 Å². The predicted octanol–water partition coefficient (Wildman–Crippen LogP) is -0.662. The maximum atomic E-state index is 11.3. The van der Waals surface area contributed by atoms with Crippen molar-refractivity contribution in [3.05, 3.63) is 18.2 Å². The smallest absolute Gasteiger partial charge is 0.255 e. The Kier molecular flexibility index (Phi) is 2.77. The molecule has 1 fully saturated rings. The minimum absolute atomic E-state index is 0.00524. The number of aromatic nitrogens is 2. The fraction of sp³-hybridized carbons (Fsp3) is 0.444. The first-order valence-electron chi connectivity index (χ1n) is 4.65. The number of hydrogen-bond donors (Lipinski definition) is 1. The molecule has 0 atom stereocenters. The molecule has 0 saturated carbocycles. The molecule has 15 heavy (non-hydrogen) atoms. The van der Waals surface area contributed by atoms with Crippen LogP contribution < -0.4 is 0 Å². The van der Waals surface area contributed by atoms with Gasteiger partial charge in [0.1, 0.15) is 13.2 Å². The molecule has 6 heteroatoms. The number of H-pyrrole nitrogens is 1. The van der Waals surface area contributed by atoms with E-state index in [0.29, 0.717) is 13.0 Å². The number of carbonyl (C=O) groups is 2. The third-order valence-corrected chi connectivity index (χ3v) is 2.21. The number of morpholine rings is 1. The average molecular weight is 209 g/mol. The SMILES string of the molecule is O=C1COCC(=O)N1CCc1cnc[nH]1. The fourth-order valence-electron chi connectivity index (χ4n) is 1.42. The van der Waals surface area contributed by atoms with E-state index in [2.05, 4.69) is 9.97 Å². The maximum absolute atomic E-state index is 11.3. The van der Waals surface area contributed by atoms with E-state index in [1.165, 1.54) is 4.90 Å². The van der Waals surface area contributed by atoms with Gasteiger partial charge in [-0.1, -0.05) is 0 Å². The monoisotopic (exact) mass is 209 g/mol. The van der Waals surface area contributed by atoms with Gasteiger partial charge in [-0.3, -0.25) is 14.5 Å². The summed E-state index contributed by atoms with van der Waals surface area (Å²) < 4.78 is 4.80. The highest BCUT2D eigenvalue weighted by molar-refractivity contribution is 5.98. The van der Waals surface area contributed by atoms with Crippen molar-refractivity contribution in [1.29, 1.82) is 0 Å². The number of amides is 2. The molecule has 1 N–H and O–H groups in total. The molecule has 0 unspecified atom stereocenters. The number of imidazole rings is 1. The van der Waals surface area contributed by atoms with Crippen LogP contribution in [0.25, 0.3) is 0 Å². The maximum Gasteiger partial charge on any atom is 0.255 e. The van der Waals surface area contributed by atoms with Gasteiger partial charge in [0, 0.05) is 24.9 Å². The van der Waals surface area contributed by atoms with Crippen LogP contribution in [0.4, 0.5) is 0 Å². The first kappa shape index (κ1) is 9.85. The van der Waals surface area contributed by atoms with Crippen molar-refractivity contribution >= 4 is 11.8 Å². The highest BCUT2D eigenvalue weighted by Gasteiger charge is 2.25. The number of aromatic amines is 1. The van der Waals surface area contributed by atoms with Crippen molar-refractivity contribution in [3.8, 4) is 0 Å². The summed E-state index contributed by atoms with van der Waals surface area (Å²) in [4.78, 5) is 30.6. The third kappa shape index (κ3) is 2.21. The van der Waals surface area contributed by atoms with Gasteiger partial charge in [-0.2, -0.15) is 0 Å². The molecule has 2 amide bonds. The van der Waals surface area contributed by atoms with Crippen molar-refractivity contribution in [3.63, 3.8) is 0 Å². The minimum Gasteiger partial charge on any atom is -0.362 e. The van der Waals surface area contributed by atoms with Crippen molar-refractivity contribution in [2.75, 3.05) is 19.8 Å². The summed E-state index contributed by atoms with van der Waals surface area (Å²) in [7, 11) is 0. The van der Waals surface area contributed by atoms with Crippen molar-refractivity contribution < 1.29 is 14.3 Å². The van der Waals surface area contributed by atoms with Gasteiger partial charge in [-0.05, 0) is 0 Å². The molecule has 2 rings (SSSR count). The van der Waals surface area contributed by atoms with Gasteiger partial charge in [0.15, 0.2) is 0 Å². The molecule has 0 spiro atoms. The number of carbonyl (C=O) groups excluding carboxylic acids is 2. The molecule has 0 radical (unpaired) electrons. The molecular formula is C9H11N3O3. The second-order valence-corrected chi connectivity index (χ2v) is 3.26. The van der Waals surface area contributed by atoms with Crippen LogP contribution in [0.3, 0.4) is 0 Å². The number of ether oxygens (including phenoxy) is 1. The number of imide groups is 1. The lowest BCUT2D eigenvalue weighted by molar-refractivity contribution is -0.158. The van der Waals surface area contributed by atoms with E-state index in [-0.39, 0.29) is 25.0 Å². The quantitative estimate of drug-likeness (QED) is 0.670. The Morgan fingerprint density at radius 3 is 2.73 bits per heavy atom. The third-order valence-electron chi connectivity index (χ3n) is 2.21. The van der Waals surface area contributed by atoms with E-state index in [1.807, 2.05) is 0 Å². The summed E-state index contributed by atoms with van der Waals surface area (Å²) >= 11 is 0. The van der Waals surface area contributed by atoms with Crippen LogP contribution >= 0.6 is 0 Å². The molecular weight excluding hydrogens is 198 g/mol. The molecule has 1 aliphatic heterocycles. The van der Waals surface area contributed by atoms with Gasteiger partial charge in [0.05, 0.1) is 6.33 Å². The molecule has 0 aromatic carbocycles. The highest BCUT2D eigenvalue weighted by Crippen LogP contribution is 2.03. The Morgan fingerprint density at radius 2 is 2.13 bits per heavy atom. The average Bonchev–Trinajstić information content (AvgIpc) is 2.70. The van der Waals surface area contributed by atoms with E-state index < -0.39 is 0 Å². The summed E-state index contributed by atoms with van der Waals surface area (Å²) in [5.41, 5.74) is 0.905. The van der Waals surface area contributed by atoms with Crippen LogP contribution in [0.1, 0.15) is 5.69 Å². The van der Waals surface area contributed by atoms with Gasteiger partial charge >= 0.3 is 0 Å². The molecule has 1 saturated heterocycles. The van der Waals surface area contributed by atoms with Crippen LogP contribution in [0.2, 0.25) is 0 Å². The zero-order valence-corrected chi connectivity index (χ0v) is 8.10.